The molecule has 20 heavy (non-hydrogen) atoms. The molecule has 2 rings (SSSR count). The Bertz CT molecular complexity index is 378. The molecular formula is C14H22O6. The quantitative estimate of drug-likeness (QED) is 0.552. The summed E-state index contributed by atoms with van der Waals surface area (Å²) in [7, 11) is 0. The van der Waals surface area contributed by atoms with Gasteiger partial charge in [-0.2, -0.15) is 0 Å². The van der Waals surface area contributed by atoms with Crippen molar-refractivity contribution in [1.29, 1.82) is 0 Å². The van der Waals surface area contributed by atoms with Crippen molar-refractivity contribution in [2.24, 2.45) is 0 Å². The summed E-state index contributed by atoms with van der Waals surface area (Å²) in [6.45, 7) is 2.42. The minimum atomic E-state index is -0.951. The molecule has 0 radical (unpaired) electrons. The van der Waals surface area contributed by atoms with Crippen LogP contribution in [0.2, 0.25) is 0 Å². The van der Waals surface area contributed by atoms with Gasteiger partial charge in [0.15, 0.2) is 18.2 Å². The van der Waals surface area contributed by atoms with Crippen LogP contribution in [0, 0.1) is 0 Å². The van der Waals surface area contributed by atoms with Crippen molar-refractivity contribution in [2.45, 2.75) is 63.9 Å². The summed E-state index contributed by atoms with van der Waals surface area (Å²) in [5.74, 6) is -2.12. The summed E-state index contributed by atoms with van der Waals surface area (Å²) in [6.07, 6.45) is 4.79. The number of hydrogen-bond donors (Lipinski definition) is 2. The standard InChI is InChI=1S/C14H22O6/c1-2-3-4-5-6-7-10-18-8-9(19-10)13-11(15)12(16)14(17)20-13/h9-10,13,15-16H,2-8H2,1H3/t9-,10?,13+/m0/s1. The number of carbonyl (C=O) groups is 1. The number of rotatable bonds is 7. The third-order valence-corrected chi connectivity index (χ3v) is 3.59. The average molecular weight is 286 g/mol. The van der Waals surface area contributed by atoms with E-state index in [0.717, 1.165) is 19.3 Å². The molecule has 2 heterocycles. The first-order valence-corrected chi connectivity index (χ1v) is 7.23. The van der Waals surface area contributed by atoms with E-state index in [0.29, 0.717) is 0 Å². The third kappa shape index (κ3) is 3.43. The Labute approximate surface area is 118 Å². The van der Waals surface area contributed by atoms with Crippen LogP contribution in [0.5, 0.6) is 0 Å². The lowest BCUT2D eigenvalue weighted by molar-refractivity contribution is -0.149. The zero-order chi connectivity index (χ0) is 14.5. The molecule has 1 fully saturated rings. The maximum atomic E-state index is 11.1. The molecule has 0 aromatic heterocycles. The summed E-state index contributed by atoms with van der Waals surface area (Å²) < 4.78 is 15.9. The van der Waals surface area contributed by atoms with E-state index in [1.165, 1.54) is 19.3 Å². The topological polar surface area (TPSA) is 85.2 Å². The van der Waals surface area contributed by atoms with Gasteiger partial charge in [0.25, 0.3) is 0 Å². The molecule has 2 N–H and O–H groups in total. The fraction of sp³-hybridized carbons (Fsp3) is 0.786. The van der Waals surface area contributed by atoms with Crippen LogP contribution in [0.4, 0.5) is 0 Å². The number of aliphatic hydroxyl groups is 2. The minimum Gasteiger partial charge on any atom is -0.505 e. The first kappa shape index (κ1) is 15.1. The molecule has 114 valence electrons. The van der Waals surface area contributed by atoms with Crippen LogP contribution in [0.25, 0.3) is 0 Å². The van der Waals surface area contributed by atoms with Crippen molar-refractivity contribution >= 4 is 5.97 Å². The monoisotopic (exact) mass is 286 g/mol. The van der Waals surface area contributed by atoms with Gasteiger partial charge in [-0.05, 0) is 12.8 Å². The molecule has 0 aromatic rings. The van der Waals surface area contributed by atoms with Crippen LogP contribution in [0.1, 0.15) is 45.4 Å². The molecule has 3 atom stereocenters. The Morgan fingerprint density at radius 1 is 1.20 bits per heavy atom. The Kier molecular flexibility index (Phi) is 5.25. The van der Waals surface area contributed by atoms with Crippen molar-refractivity contribution in [2.75, 3.05) is 6.61 Å². The molecule has 2 aliphatic rings. The molecule has 6 nitrogen and oxygen atoms in total. The molecule has 0 aliphatic carbocycles. The number of hydrogen-bond acceptors (Lipinski definition) is 6. The molecule has 0 spiro atoms. The maximum Gasteiger partial charge on any atom is 0.377 e. The van der Waals surface area contributed by atoms with Crippen molar-refractivity contribution in [1.82, 2.24) is 0 Å². The average Bonchev–Trinajstić information content (AvgIpc) is 2.99. The van der Waals surface area contributed by atoms with Crippen molar-refractivity contribution in [3.05, 3.63) is 11.5 Å². The number of unbranched alkanes of at least 4 members (excludes halogenated alkanes) is 4. The normalized spacial score (nSPS) is 30.1. The van der Waals surface area contributed by atoms with Crippen molar-refractivity contribution in [3.63, 3.8) is 0 Å². The molecule has 6 heteroatoms. The van der Waals surface area contributed by atoms with Crippen LogP contribution < -0.4 is 0 Å². The number of ether oxygens (including phenoxy) is 3. The van der Waals surface area contributed by atoms with Crippen LogP contribution >= 0.6 is 0 Å². The molecule has 1 saturated heterocycles. The minimum absolute atomic E-state index is 0.245. The van der Waals surface area contributed by atoms with Gasteiger partial charge in [-0.25, -0.2) is 4.79 Å². The highest BCUT2D eigenvalue weighted by Crippen LogP contribution is 2.28. The second-order valence-electron chi connectivity index (χ2n) is 5.20. The van der Waals surface area contributed by atoms with E-state index >= 15 is 0 Å². The maximum absolute atomic E-state index is 11.1. The molecule has 1 unspecified atom stereocenters. The van der Waals surface area contributed by atoms with Gasteiger partial charge < -0.3 is 24.4 Å². The summed E-state index contributed by atoms with van der Waals surface area (Å²) in [6, 6.07) is 0. The Morgan fingerprint density at radius 3 is 2.60 bits per heavy atom. The van der Waals surface area contributed by atoms with E-state index in [-0.39, 0.29) is 12.9 Å². The fourth-order valence-electron chi connectivity index (χ4n) is 2.42. The first-order valence-electron chi connectivity index (χ1n) is 7.23. The number of esters is 1. The van der Waals surface area contributed by atoms with E-state index in [4.69, 9.17) is 14.2 Å². The highest BCUT2D eigenvalue weighted by Gasteiger charge is 2.44. The van der Waals surface area contributed by atoms with Crippen molar-refractivity contribution < 1.29 is 29.2 Å². The zero-order valence-electron chi connectivity index (χ0n) is 11.7. The summed E-state index contributed by atoms with van der Waals surface area (Å²) in [4.78, 5) is 11.1. The summed E-state index contributed by atoms with van der Waals surface area (Å²) >= 11 is 0. The van der Waals surface area contributed by atoms with Crippen LogP contribution in [0.3, 0.4) is 0 Å². The highest BCUT2D eigenvalue weighted by atomic mass is 16.7. The summed E-state index contributed by atoms with van der Waals surface area (Å²) in [5, 5.41) is 18.8. The van der Waals surface area contributed by atoms with Gasteiger partial charge in [-0.3, -0.25) is 0 Å². The van der Waals surface area contributed by atoms with Gasteiger partial charge in [-0.15, -0.1) is 0 Å². The largest absolute Gasteiger partial charge is 0.505 e. The van der Waals surface area contributed by atoms with Gasteiger partial charge in [0.05, 0.1) is 6.61 Å². The zero-order valence-corrected chi connectivity index (χ0v) is 11.7. The second kappa shape index (κ2) is 6.95. The van der Waals surface area contributed by atoms with E-state index in [2.05, 4.69) is 6.92 Å². The predicted octanol–water partition coefficient (Wildman–Crippen LogP) is 2.34. The van der Waals surface area contributed by atoms with E-state index < -0.39 is 29.7 Å². The fourth-order valence-corrected chi connectivity index (χ4v) is 2.42. The lowest BCUT2D eigenvalue weighted by atomic mass is 10.1. The second-order valence-corrected chi connectivity index (χ2v) is 5.20. The molecule has 2 aliphatic heterocycles. The molecule has 0 amide bonds. The SMILES string of the molecule is CCCCCCCC1OC[C@@H]([C@H]2OC(=O)C(O)=C2O)O1. The smallest absolute Gasteiger partial charge is 0.377 e. The first-order chi connectivity index (χ1) is 9.63. The van der Waals surface area contributed by atoms with E-state index in [1.54, 1.807) is 0 Å². The van der Waals surface area contributed by atoms with Crippen LogP contribution in [-0.2, 0) is 19.0 Å². The molecular weight excluding hydrogens is 264 g/mol. The van der Waals surface area contributed by atoms with Crippen LogP contribution in [0.15, 0.2) is 11.5 Å². The van der Waals surface area contributed by atoms with E-state index in [9.17, 15) is 15.0 Å². The van der Waals surface area contributed by atoms with Gasteiger partial charge in [0, 0.05) is 0 Å². The highest BCUT2D eigenvalue weighted by molar-refractivity contribution is 5.89. The predicted molar refractivity (Wildman–Crippen MR) is 70.2 cm³/mol. The van der Waals surface area contributed by atoms with Gasteiger partial charge in [-0.1, -0.05) is 32.6 Å². The van der Waals surface area contributed by atoms with Gasteiger partial charge in [0.1, 0.15) is 6.10 Å². The van der Waals surface area contributed by atoms with Gasteiger partial charge in [0.2, 0.25) is 5.76 Å². The van der Waals surface area contributed by atoms with Crippen LogP contribution in [-0.4, -0.2) is 41.3 Å². The Morgan fingerprint density at radius 2 is 1.95 bits per heavy atom. The molecule has 0 bridgehead atoms. The molecule has 0 saturated carbocycles. The number of aliphatic hydroxyl groups excluding tert-OH is 2. The number of carbonyl (C=O) groups excluding carboxylic acids is 1. The lowest BCUT2D eigenvalue weighted by Gasteiger charge is -2.16. The van der Waals surface area contributed by atoms with Crippen molar-refractivity contribution in [3.8, 4) is 0 Å². The Hall–Kier alpha value is -1.27. The number of cyclic esters (lactones) is 1. The lowest BCUT2D eigenvalue weighted by Crippen LogP contribution is -2.31. The third-order valence-electron chi connectivity index (χ3n) is 3.59. The van der Waals surface area contributed by atoms with Gasteiger partial charge >= 0.3 is 5.97 Å². The molecule has 0 aromatic carbocycles. The summed E-state index contributed by atoms with van der Waals surface area (Å²) in [5.41, 5.74) is 0. The van der Waals surface area contributed by atoms with E-state index in [1.807, 2.05) is 0 Å². The Balaban J connectivity index is 1.72.